The molecule has 1 aliphatic heterocycles. The van der Waals surface area contributed by atoms with Crippen molar-refractivity contribution >= 4 is 23.3 Å². The fourth-order valence-electron chi connectivity index (χ4n) is 3.76. The number of hydrogen-bond donors (Lipinski definition) is 1. The van der Waals surface area contributed by atoms with Gasteiger partial charge in [-0.15, -0.1) is 0 Å². The van der Waals surface area contributed by atoms with E-state index in [0.29, 0.717) is 29.5 Å². The summed E-state index contributed by atoms with van der Waals surface area (Å²) in [6.07, 6.45) is 3.52. The molecular weight excluding hydrogens is 398 g/mol. The Balaban J connectivity index is 1.69. The van der Waals surface area contributed by atoms with Gasteiger partial charge < -0.3 is 15.5 Å². The highest BCUT2D eigenvalue weighted by molar-refractivity contribution is 6.34. The van der Waals surface area contributed by atoms with Gasteiger partial charge in [0.1, 0.15) is 5.82 Å². The average molecular weight is 422 g/mol. The lowest BCUT2D eigenvalue weighted by Gasteiger charge is -2.32. The first kappa shape index (κ1) is 20.3. The van der Waals surface area contributed by atoms with Gasteiger partial charge in [-0.2, -0.15) is 0 Å². The SMILES string of the molecule is Cc1nccc(-c2ccc(C(=O)N3CCN(C)CC3)c(Cl)c2)c1-c1ccc(N)nc1. The van der Waals surface area contributed by atoms with Crippen molar-refractivity contribution < 1.29 is 4.79 Å². The number of nitrogens with zero attached hydrogens (tertiary/aromatic N) is 4. The quantitative estimate of drug-likeness (QED) is 0.697. The molecule has 0 spiro atoms. The van der Waals surface area contributed by atoms with Crippen molar-refractivity contribution in [3.05, 3.63) is 65.1 Å². The van der Waals surface area contributed by atoms with Crippen molar-refractivity contribution in [3.8, 4) is 22.3 Å². The van der Waals surface area contributed by atoms with Crippen LogP contribution in [0, 0.1) is 6.92 Å². The topological polar surface area (TPSA) is 75.4 Å². The zero-order valence-corrected chi connectivity index (χ0v) is 17.9. The number of hydrogen-bond acceptors (Lipinski definition) is 5. The van der Waals surface area contributed by atoms with E-state index in [2.05, 4.69) is 21.9 Å². The van der Waals surface area contributed by atoms with Crippen LogP contribution in [0.25, 0.3) is 22.3 Å². The third kappa shape index (κ3) is 4.01. The molecule has 4 rings (SSSR count). The van der Waals surface area contributed by atoms with E-state index in [4.69, 9.17) is 17.3 Å². The van der Waals surface area contributed by atoms with Gasteiger partial charge in [-0.25, -0.2) is 4.98 Å². The maximum Gasteiger partial charge on any atom is 0.255 e. The Morgan fingerprint density at radius 3 is 2.43 bits per heavy atom. The summed E-state index contributed by atoms with van der Waals surface area (Å²) in [6, 6.07) is 11.3. The third-order valence-electron chi connectivity index (χ3n) is 5.52. The van der Waals surface area contributed by atoms with Gasteiger partial charge >= 0.3 is 0 Å². The number of anilines is 1. The van der Waals surface area contributed by atoms with E-state index < -0.39 is 0 Å². The van der Waals surface area contributed by atoms with E-state index in [0.717, 1.165) is 41.0 Å². The second kappa shape index (κ2) is 8.42. The molecule has 1 fully saturated rings. The van der Waals surface area contributed by atoms with Crippen LogP contribution in [0.3, 0.4) is 0 Å². The zero-order valence-electron chi connectivity index (χ0n) is 17.1. The van der Waals surface area contributed by atoms with Gasteiger partial charge in [0.2, 0.25) is 0 Å². The van der Waals surface area contributed by atoms with Gasteiger partial charge in [-0.3, -0.25) is 9.78 Å². The summed E-state index contributed by atoms with van der Waals surface area (Å²) in [7, 11) is 2.06. The molecule has 7 heteroatoms. The number of rotatable bonds is 3. The maximum atomic E-state index is 12.9. The lowest BCUT2D eigenvalue weighted by Crippen LogP contribution is -2.47. The molecule has 3 heterocycles. The molecule has 6 nitrogen and oxygen atoms in total. The zero-order chi connectivity index (χ0) is 21.3. The van der Waals surface area contributed by atoms with Crippen LogP contribution in [0.5, 0.6) is 0 Å². The van der Waals surface area contributed by atoms with Crippen molar-refractivity contribution in [3.63, 3.8) is 0 Å². The number of benzene rings is 1. The number of halogens is 1. The molecule has 2 N–H and O–H groups in total. The second-order valence-electron chi connectivity index (χ2n) is 7.58. The number of nitrogen functional groups attached to an aromatic ring is 1. The van der Waals surface area contributed by atoms with Crippen LogP contribution in [0.2, 0.25) is 5.02 Å². The number of amides is 1. The number of carbonyl (C=O) groups excluding carboxylic acids is 1. The fraction of sp³-hybridized carbons (Fsp3) is 0.261. The summed E-state index contributed by atoms with van der Waals surface area (Å²) in [5.41, 5.74) is 11.0. The van der Waals surface area contributed by atoms with E-state index in [-0.39, 0.29) is 5.91 Å². The van der Waals surface area contributed by atoms with E-state index in [1.165, 1.54) is 0 Å². The van der Waals surface area contributed by atoms with Crippen LogP contribution >= 0.6 is 11.6 Å². The lowest BCUT2D eigenvalue weighted by atomic mass is 9.94. The Hall–Kier alpha value is -2.96. The smallest absolute Gasteiger partial charge is 0.255 e. The Labute approximate surface area is 181 Å². The third-order valence-corrected chi connectivity index (χ3v) is 5.83. The van der Waals surface area contributed by atoms with Crippen LogP contribution in [-0.2, 0) is 0 Å². The summed E-state index contributed by atoms with van der Waals surface area (Å²) in [5, 5.41) is 0.451. The molecule has 2 aromatic heterocycles. The van der Waals surface area contributed by atoms with Gasteiger partial charge in [0.05, 0.1) is 10.6 Å². The van der Waals surface area contributed by atoms with Crippen LogP contribution in [0.15, 0.2) is 48.8 Å². The summed E-state index contributed by atoms with van der Waals surface area (Å²) >= 11 is 6.58. The second-order valence-corrected chi connectivity index (χ2v) is 7.99. The van der Waals surface area contributed by atoms with Crippen LogP contribution in [0.1, 0.15) is 16.1 Å². The lowest BCUT2D eigenvalue weighted by molar-refractivity contribution is 0.0664. The molecular formula is C23H24ClN5O. The summed E-state index contributed by atoms with van der Waals surface area (Å²) < 4.78 is 0. The molecule has 0 bridgehead atoms. The largest absolute Gasteiger partial charge is 0.384 e. The van der Waals surface area contributed by atoms with Gasteiger partial charge in [0, 0.05) is 55.4 Å². The summed E-state index contributed by atoms with van der Waals surface area (Å²) in [4.78, 5) is 25.7. The standard InChI is InChI=1S/C23H24ClN5O/c1-15-22(17-4-6-21(25)27-14-17)18(7-8-26-15)16-3-5-19(20(24)13-16)23(30)29-11-9-28(2)10-12-29/h3-8,13-14H,9-12H2,1-2H3,(H2,25,27). The molecule has 3 aromatic rings. The Bertz CT molecular complexity index is 1080. The summed E-state index contributed by atoms with van der Waals surface area (Å²) in [5.74, 6) is 0.449. The fourth-order valence-corrected chi connectivity index (χ4v) is 4.02. The number of carbonyl (C=O) groups is 1. The molecule has 1 amide bonds. The molecule has 0 saturated carbocycles. The van der Waals surface area contributed by atoms with E-state index in [9.17, 15) is 4.79 Å². The normalized spacial score (nSPS) is 14.7. The number of likely N-dealkylation sites (N-methyl/N-ethyl adjacent to an activating group) is 1. The molecule has 0 aliphatic carbocycles. The van der Waals surface area contributed by atoms with Crippen molar-refractivity contribution in [1.29, 1.82) is 0 Å². The first-order chi connectivity index (χ1) is 14.4. The summed E-state index contributed by atoms with van der Waals surface area (Å²) in [6.45, 7) is 5.13. The minimum atomic E-state index is -0.0199. The van der Waals surface area contributed by atoms with E-state index in [1.54, 1.807) is 18.5 Å². The highest BCUT2D eigenvalue weighted by Gasteiger charge is 2.23. The highest BCUT2D eigenvalue weighted by Crippen LogP contribution is 2.35. The van der Waals surface area contributed by atoms with Crippen molar-refractivity contribution in [2.45, 2.75) is 6.92 Å². The van der Waals surface area contributed by atoms with E-state index >= 15 is 0 Å². The van der Waals surface area contributed by atoms with Crippen LogP contribution in [0.4, 0.5) is 5.82 Å². The number of pyridine rings is 2. The maximum absolute atomic E-state index is 12.9. The Morgan fingerprint density at radius 1 is 1.03 bits per heavy atom. The first-order valence-corrected chi connectivity index (χ1v) is 10.3. The monoisotopic (exact) mass is 421 g/mol. The number of piperazine rings is 1. The Kier molecular flexibility index (Phi) is 5.70. The minimum Gasteiger partial charge on any atom is -0.384 e. The molecule has 1 aromatic carbocycles. The Morgan fingerprint density at radius 2 is 1.77 bits per heavy atom. The minimum absolute atomic E-state index is 0.0199. The molecule has 0 radical (unpaired) electrons. The van der Waals surface area contributed by atoms with Crippen molar-refractivity contribution in [1.82, 2.24) is 19.8 Å². The number of aromatic nitrogens is 2. The van der Waals surface area contributed by atoms with Gasteiger partial charge in [0.15, 0.2) is 0 Å². The van der Waals surface area contributed by atoms with Crippen molar-refractivity contribution in [2.75, 3.05) is 39.0 Å². The molecule has 0 atom stereocenters. The predicted octanol–water partition coefficient (Wildman–Crippen LogP) is 3.74. The average Bonchev–Trinajstić information content (AvgIpc) is 2.74. The predicted molar refractivity (Wildman–Crippen MR) is 120 cm³/mol. The number of aryl methyl sites for hydroxylation is 1. The molecule has 154 valence electrons. The number of nitrogens with two attached hydrogens (primary N) is 1. The van der Waals surface area contributed by atoms with Crippen LogP contribution < -0.4 is 5.73 Å². The molecule has 30 heavy (non-hydrogen) atoms. The van der Waals surface area contributed by atoms with Crippen LogP contribution in [-0.4, -0.2) is 58.9 Å². The highest BCUT2D eigenvalue weighted by atomic mass is 35.5. The van der Waals surface area contributed by atoms with Crippen molar-refractivity contribution in [2.24, 2.45) is 0 Å². The molecule has 1 saturated heterocycles. The van der Waals surface area contributed by atoms with Gasteiger partial charge in [-0.05, 0) is 55.4 Å². The first-order valence-electron chi connectivity index (χ1n) is 9.89. The van der Waals surface area contributed by atoms with E-state index in [1.807, 2.05) is 42.2 Å². The van der Waals surface area contributed by atoms with Gasteiger partial charge in [-0.1, -0.05) is 17.7 Å². The molecule has 1 aliphatic rings. The van der Waals surface area contributed by atoms with Gasteiger partial charge in [0.25, 0.3) is 5.91 Å². The molecule has 0 unspecified atom stereocenters.